The van der Waals surface area contributed by atoms with Gasteiger partial charge in [0.05, 0.1) is 54.7 Å². The first-order valence-corrected chi connectivity index (χ1v) is 35.0. The molecule has 0 radical (unpaired) electrons. The van der Waals surface area contributed by atoms with E-state index in [0.717, 1.165) is 24.1 Å². The summed E-state index contributed by atoms with van der Waals surface area (Å²) in [5, 5.41) is 51.3. The average Bonchev–Trinajstić information content (AvgIpc) is 3.49. The number of carbonyl (C=O) groups excluding carboxylic acids is 2. The maximum absolute atomic E-state index is 13.1. The van der Waals surface area contributed by atoms with Crippen LogP contribution in [-0.4, -0.2) is 239 Å². The Morgan fingerprint density at radius 3 is 1.82 bits per heavy atom. The fourth-order valence-corrected chi connectivity index (χ4v) is 13.3. The number of cyclic esters (lactones) is 1. The minimum atomic E-state index is -4.83. The fourth-order valence-electron chi connectivity index (χ4n) is 11.1. The Kier molecular flexibility index (Phi) is 27.2. The Hall–Kier alpha value is -3.30. The molecule has 6 rings (SSSR count). The Morgan fingerprint density at radius 1 is 0.735 bits per heavy atom. The summed E-state index contributed by atoms with van der Waals surface area (Å²) in [5.74, 6) is -1.47. The summed E-state index contributed by atoms with van der Waals surface area (Å²) in [6, 6.07) is 11.6. The van der Waals surface area contributed by atoms with Crippen LogP contribution in [0.2, 0.25) is 0 Å². The first-order chi connectivity index (χ1) is 38.9. The number of aliphatic hydroxyl groups excluding tert-OH is 3. The van der Waals surface area contributed by atoms with Gasteiger partial charge in [-0.3, -0.25) is 4.79 Å². The molecule has 26 heteroatoms. The summed E-state index contributed by atoms with van der Waals surface area (Å²) in [6.07, 6.45) is -1.56. The zero-order valence-corrected chi connectivity index (χ0v) is 53.3. The molecular weight excluding hydrogens is 1210 g/mol. The van der Waals surface area contributed by atoms with Crippen molar-refractivity contribution in [2.24, 2.45) is 11.8 Å². The number of esters is 1. The van der Waals surface area contributed by atoms with Crippen LogP contribution >= 0.6 is 0 Å². The van der Waals surface area contributed by atoms with E-state index in [0.29, 0.717) is 32.4 Å². The summed E-state index contributed by atoms with van der Waals surface area (Å²) >= 11 is -9.67. The standard InChI is InChI=1S/C43H74N2O14.C14H18As2N2O6/c1-24-21-29(19-20-46)39(59-42-37(49)36(45(9)10)38(27(4)56-42)58-35-23-43(6,51)41(50)28(5)55-35)40(52-11)31(47)22-33(48)53-25(2)15-13-12-14-16-32(24)57-34-18-17-30(44(7)8)26(3)54-34;19-15(20,21)11-1-5-13(6-2-11)17-9-10-18-14-7-3-12(4-8-14)16(22,23)24/h12-14,16,20,24-32,34-42,47,49-51H,15,17-19,21-23H2,1-11H3;1-8,17-18H,9-10H2,(H2,19,20,21)(H2,22,23,24)/b13-12+,16-14+;/t24-,25-,26-,27-,28+,29+,30+,31-,32+,34+,35+,36-,37-,38-,39+,40+,41+,42+,43-;/m1./s1. The Balaban J connectivity index is 0.000000436. The zero-order chi connectivity index (χ0) is 61.6. The van der Waals surface area contributed by atoms with E-state index in [1.807, 2.05) is 52.2 Å². The van der Waals surface area contributed by atoms with E-state index in [2.05, 4.69) is 15.5 Å². The van der Waals surface area contributed by atoms with Crippen LogP contribution in [0.5, 0.6) is 0 Å². The number of nitrogens with one attached hydrogen (secondary N) is 2. The number of likely N-dealkylation sites (N-methyl/N-ethyl adjacent to an activating group) is 2. The summed E-state index contributed by atoms with van der Waals surface area (Å²) in [7, 11) is 9.03. The monoisotopic (exact) mass is 1300 g/mol. The van der Waals surface area contributed by atoms with Crippen molar-refractivity contribution in [2.45, 2.75) is 190 Å². The molecule has 4 aliphatic rings. The van der Waals surface area contributed by atoms with Gasteiger partial charge in [-0.25, -0.2) is 0 Å². The van der Waals surface area contributed by atoms with Gasteiger partial charge in [0.15, 0.2) is 18.9 Å². The second kappa shape index (κ2) is 32.1. The zero-order valence-electron chi connectivity index (χ0n) is 49.5. The third kappa shape index (κ3) is 20.9. The number of anilines is 2. The molecule has 3 saturated heterocycles. The van der Waals surface area contributed by atoms with Gasteiger partial charge < -0.3 is 72.9 Å². The van der Waals surface area contributed by atoms with Crippen LogP contribution in [-0.2, 0) is 55.0 Å². The van der Waals surface area contributed by atoms with Crippen LogP contribution in [0.1, 0.15) is 86.5 Å². The SMILES string of the molecule is CO[C@@H]1[C@@H](O[C@@H]2O[C@H](C)[C@@H](O[C@H]3C[C@@](C)(O)[C@@H](O)[C@H](C)O3)[C@H](N(C)C)[C@H]2O)[C@@H](CC=O)C[C@@H](C)[C@@H](O[C@H]2CC[C@H](N(C)C)[C@@H](C)O2)/C=C/C=C/C[C@@H](C)OC(=O)C[C@H]1O.O=[As](O)(O)c1ccc(NCCNc2ccc([As](=O)(O)O)cc2)cc1. The minimum absolute atomic E-state index is 0.00885. The number of benzene rings is 2. The van der Waals surface area contributed by atoms with Gasteiger partial charge in [0, 0.05) is 32.4 Å². The molecule has 4 heterocycles. The summed E-state index contributed by atoms with van der Waals surface area (Å²) in [5.41, 5.74) is 0.00923. The molecule has 3 fully saturated rings. The van der Waals surface area contributed by atoms with E-state index in [1.54, 1.807) is 64.0 Å². The number of hydrogen-bond acceptors (Lipinski definition) is 20. The van der Waals surface area contributed by atoms with Gasteiger partial charge >= 0.3 is 151 Å². The number of carbonyl (C=O) groups is 2. The molecular formula is C57H92As2N4O20. The topological polar surface area (TPSA) is 334 Å². The summed E-state index contributed by atoms with van der Waals surface area (Å²) < 4.78 is 109. The summed E-state index contributed by atoms with van der Waals surface area (Å²) in [6.45, 7) is 11.9. The third-order valence-electron chi connectivity index (χ3n) is 15.6. The van der Waals surface area contributed by atoms with E-state index in [-0.39, 0.29) is 39.6 Å². The van der Waals surface area contributed by atoms with Gasteiger partial charge in [-0.05, 0) is 93.9 Å². The number of aldehydes is 1. The van der Waals surface area contributed by atoms with Crippen molar-refractivity contribution in [2.75, 3.05) is 59.0 Å². The number of methoxy groups -OCH3 is 1. The van der Waals surface area contributed by atoms with Crippen LogP contribution in [0.4, 0.5) is 11.4 Å². The Morgan fingerprint density at radius 2 is 1.31 bits per heavy atom. The Bertz CT molecular complexity index is 2390. The average molecular weight is 1300 g/mol. The third-order valence-corrected chi connectivity index (χ3v) is 19.6. The maximum atomic E-state index is 13.1. The van der Waals surface area contributed by atoms with Crippen molar-refractivity contribution in [3.05, 3.63) is 72.8 Å². The predicted octanol–water partition coefficient (Wildman–Crippen LogP) is 0.658. The van der Waals surface area contributed by atoms with Crippen molar-refractivity contribution in [3.8, 4) is 0 Å². The van der Waals surface area contributed by atoms with Crippen LogP contribution in [0.25, 0.3) is 0 Å². The molecule has 2 aromatic carbocycles. The summed E-state index contributed by atoms with van der Waals surface area (Å²) in [4.78, 5) is 29.5. The molecule has 470 valence electrons. The van der Waals surface area contributed by atoms with E-state index in [1.165, 1.54) is 38.3 Å². The quantitative estimate of drug-likeness (QED) is 0.0424. The second-order valence-electron chi connectivity index (χ2n) is 22.8. The number of ether oxygens (including phenoxy) is 8. The van der Waals surface area contributed by atoms with Crippen molar-refractivity contribution in [3.63, 3.8) is 0 Å². The van der Waals surface area contributed by atoms with Gasteiger partial charge in [0.25, 0.3) is 0 Å². The number of aliphatic hydroxyl groups is 4. The van der Waals surface area contributed by atoms with Crippen molar-refractivity contribution < 1.29 is 91.8 Å². The molecule has 0 spiro atoms. The molecule has 0 bridgehead atoms. The van der Waals surface area contributed by atoms with Crippen molar-refractivity contribution in [1.82, 2.24) is 9.80 Å². The molecule has 0 saturated carbocycles. The van der Waals surface area contributed by atoms with Crippen LogP contribution in [0.3, 0.4) is 0 Å². The van der Waals surface area contributed by atoms with Gasteiger partial charge in [-0.2, -0.15) is 0 Å². The molecule has 10 N–H and O–H groups in total. The van der Waals surface area contributed by atoms with E-state index >= 15 is 0 Å². The number of nitrogens with zero attached hydrogens (tertiary/aromatic N) is 2. The molecule has 0 aromatic heterocycles. The van der Waals surface area contributed by atoms with Gasteiger partial charge in [0.2, 0.25) is 0 Å². The van der Waals surface area contributed by atoms with Gasteiger partial charge in [0.1, 0.15) is 36.8 Å². The van der Waals surface area contributed by atoms with Crippen molar-refractivity contribution >= 4 is 60.7 Å². The van der Waals surface area contributed by atoms with Crippen LogP contribution < -0.4 is 19.3 Å². The molecule has 24 nitrogen and oxygen atoms in total. The molecule has 0 aliphatic carbocycles. The predicted molar refractivity (Wildman–Crippen MR) is 308 cm³/mol. The first kappa shape index (κ1) is 70.5. The van der Waals surface area contributed by atoms with Gasteiger partial charge in [-0.1, -0.05) is 31.2 Å². The molecule has 2 aromatic rings. The molecule has 4 aliphatic heterocycles. The fraction of sp³-hybridized carbons (Fsp3) is 0.684. The molecule has 0 amide bonds. The van der Waals surface area contributed by atoms with Crippen LogP contribution in [0, 0.1) is 11.8 Å². The van der Waals surface area contributed by atoms with Crippen LogP contribution in [0.15, 0.2) is 72.8 Å². The normalized spacial score (nSPS) is 36.0. The molecule has 19 atom stereocenters. The molecule has 0 unspecified atom stereocenters. The van der Waals surface area contributed by atoms with E-state index in [4.69, 9.17) is 54.3 Å². The number of rotatable bonds is 18. The van der Waals surface area contributed by atoms with E-state index in [9.17, 15) is 37.5 Å². The first-order valence-electron chi connectivity index (χ1n) is 28.2. The number of allylic oxidation sites excluding steroid dienone is 2. The van der Waals surface area contributed by atoms with E-state index < -0.39 is 138 Å². The van der Waals surface area contributed by atoms with Crippen molar-refractivity contribution in [1.29, 1.82) is 0 Å². The number of hydrogen-bond donors (Lipinski definition) is 10. The molecule has 83 heavy (non-hydrogen) atoms. The second-order valence-corrected chi connectivity index (χ2v) is 29.6. The van der Waals surface area contributed by atoms with Gasteiger partial charge in [-0.15, -0.1) is 0 Å². The Labute approximate surface area is 493 Å².